The Balaban J connectivity index is 1.67. The van der Waals surface area contributed by atoms with Gasteiger partial charge >= 0.3 is 0 Å². The average Bonchev–Trinajstić information content (AvgIpc) is 2.67. The summed E-state index contributed by atoms with van der Waals surface area (Å²) in [4.78, 5) is 0. The lowest BCUT2D eigenvalue weighted by Crippen LogP contribution is -2.31. The Morgan fingerprint density at radius 2 is 2.20 bits per heavy atom. The molecular formula is C13H23NO. The van der Waals surface area contributed by atoms with Crippen LogP contribution >= 0.6 is 0 Å². The minimum absolute atomic E-state index is 0.566. The summed E-state index contributed by atoms with van der Waals surface area (Å²) in [6.07, 6.45) is 9.06. The Morgan fingerprint density at radius 3 is 2.87 bits per heavy atom. The standard InChI is InChI=1S/C13H23NO/c1-13(6-2-3-7-13)11-14-9-12-5-4-8-15-10-12/h5,14H,2-4,6-11H2,1H3. The maximum Gasteiger partial charge on any atom is 0.0689 e. The van der Waals surface area contributed by atoms with E-state index in [1.54, 1.807) is 0 Å². The zero-order valence-corrected chi connectivity index (χ0v) is 9.85. The molecule has 1 N–H and O–H groups in total. The molecule has 2 heteroatoms. The van der Waals surface area contributed by atoms with Crippen molar-refractivity contribution in [3.05, 3.63) is 11.6 Å². The highest BCUT2D eigenvalue weighted by Gasteiger charge is 2.27. The fourth-order valence-corrected chi connectivity index (χ4v) is 2.66. The van der Waals surface area contributed by atoms with Gasteiger partial charge in [-0.15, -0.1) is 0 Å². The zero-order valence-electron chi connectivity index (χ0n) is 9.85. The van der Waals surface area contributed by atoms with Crippen LogP contribution in [0.15, 0.2) is 11.6 Å². The van der Waals surface area contributed by atoms with Gasteiger partial charge in [0.25, 0.3) is 0 Å². The highest BCUT2D eigenvalue weighted by Crippen LogP contribution is 2.36. The van der Waals surface area contributed by atoms with Crippen molar-refractivity contribution in [2.24, 2.45) is 5.41 Å². The first kappa shape index (κ1) is 11.2. The summed E-state index contributed by atoms with van der Waals surface area (Å²) in [5, 5.41) is 3.59. The molecule has 1 aliphatic carbocycles. The fraction of sp³-hybridized carbons (Fsp3) is 0.846. The van der Waals surface area contributed by atoms with E-state index >= 15 is 0 Å². The van der Waals surface area contributed by atoms with Crippen LogP contribution < -0.4 is 5.32 Å². The van der Waals surface area contributed by atoms with Crippen LogP contribution in [0, 0.1) is 5.41 Å². The number of rotatable bonds is 4. The van der Waals surface area contributed by atoms with Crippen molar-refractivity contribution in [1.29, 1.82) is 0 Å². The molecule has 0 atom stereocenters. The van der Waals surface area contributed by atoms with Gasteiger partial charge in [0.15, 0.2) is 0 Å². The SMILES string of the molecule is CC1(CNCC2=CCCOC2)CCCC1. The van der Waals surface area contributed by atoms with Crippen LogP contribution in [0.5, 0.6) is 0 Å². The van der Waals surface area contributed by atoms with E-state index in [1.165, 1.54) is 37.8 Å². The molecule has 0 radical (unpaired) electrons. The molecule has 86 valence electrons. The van der Waals surface area contributed by atoms with Crippen molar-refractivity contribution in [2.45, 2.75) is 39.0 Å². The van der Waals surface area contributed by atoms with E-state index < -0.39 is 0 Å². The Hall–Kier alpha value is -0.340. The van der Waals surface area contributed by atoms with Crippen LogP contribution in [-0.4, -0.2) is 26.3 Å². The monoisotopic (exact) mass is 209 g/mol. The smallest absolute Gasteiger partial charge is 0.0689 e. The highest BCUT2D eigenvalue weighted by atomic mass is 16.5. The Labute approximate surface area is 93.1 Å². The summed E-state index contributed by atoms with van der Waals surface area (Å²) in [5.41, 5.74) is 2.00. The van der Waals surface area contributed by atoms with Gasteiger partial charge in [0, 0.05) is 13.1 Å². The predicted molar refractivity (Wildman–Crippen MR) is 63.0 cm³/mol. The van der Waals surface area contributed by atoms with E-state index in [0.29, 0.717) is 5.41 Å². The topological polar surface area (TPSA) is 21.3 Å². The van der Waals surface area contributed by atoms with Gasteiger partial charge in [-0.1, -0.05) is 25.8 Å². The number of hydrogen-bond donors (Lipinski definition) is 1. The second kappa shape index (κ2) is 5.13. The summed E-state index contributed by atoms with van der Waals surface area (Å²) in [6, 6.07) is 0. The maximum absolute atomic E-state index is 5.42. The molecule has 2 aliphatic rings. The van der Waals surface area contributed by atoms with Crippen LogP contribution in [-0.2, 0) is 4.74 Å². The van der Waals surface area contributed by atoms with Crippen LogP contribution in [0.25, 0.3) is 0 Å². The van der Waals surface area contributed by atoms with Crippen LogP contribution in [0.1, 0.15) is 39.0 Å². The molecule has 2 rings (SSSR count). The Morgan fingerprint density at radius 1 is 1.40 bits per heavy atom. The van der Waals surface area contributed by atoms with E-state index in [4.69, 9.17) is 4.74 Å². The van der Waals surface area contributed by atoms with E-state index in [0.717, 1.165) is 26.2 Å². The van der Waals surface area contributed by atoms with Crippen LogP contribution in [0.3, 0.4) is 0 Å². The lowest BCUT2D eigenvalue weighted by Gasteiger charge is -2.24. The molecule has 1 fully saturated rings. The first-order valence-corrected chi connectivity index (χ1v) is 6.25. The molecule has 15 heavy (non-hydrogen) atoms. The van der Waals surface area contributed by atoms with Crippen molar-refractivity contribution >= 4 is 0 Å². The third-order valence-corrected chi connectivity index (χ3v) is 3.70. The molecule has 0 aromatic carbocycles. The van der Waals surface area contributed by atoms with Crippen LogP contribution in [0.2, 0.25) is 0 Å². The molecule has 0 amide bonds. The molecule has 0 saturated heterocycles. The summed E-state index contributed by atoms with van der Waals surface area (Å²) < 4.78 is 5.42. The zero-order chi connectivity index (χ0) is 10.6. The van der Waals surface area contributed by atoms with E-state index in [2.05, 4.69) is 18.3 Å². The second-order valence-corrected chi connectivity index (χ2v) is 5.32. The maximum atomic E-state index is 5.42. The Bertz CT molecular complexity index is 229. The van der Waals surface area contributed by atoms with Gasteiger partial charge in [0.2, 0.25) is 0 Å². The molecule has 2 nitrogen and oxygen atoms in total. The average molecular weight is 209 g/mol. The number of hydrogen-bond acceptors (Lipinski definition) is 2. The van der Waals surface area contributed by atoms with Crippen molar-refractivity contribution in [2.75, 3.05) is 26.3 Å². The van der Waals surface area contributed by atoms with E-state index in [-0.39, 0.29) is 0 Å². The molecule has 1 aliphatic heterocycles. The van der Waals surface area contributed by atoms with Gasteiger partial charge in [-0.05, 0) is 30.3 Å². The highest BCUT2D eigenvalue weighted by molar-refractivity contribution is 5.06. The molecule has 1 heterocycles. The molecule has 1 saturated carbocycles. The van der Waals surface area contributed by atoms with E-state index in [1.807, 2.05) is 0 Å². The lowest BCUT2D eigenvalue weighted by molar-refractivity contribution is 0.148. The van der Waals surface area contributed by atoms with Crippen molar-refractivity contribution in [3.63, 3.8) is 0 Å². The summed E-state index contributed by atoms with van der Waals surface area (Å²) in [5.74, 6) is 0. The van der Waals surface area contributed by atoms with Gasteiger partial charge in [-0.3, -0.25) is 0 Å². The molecular weight excluding hydrogens is 186 g/mol. The lowest BCUT2D eigenvalue weighted by atomic mass is 9.89. The molecule has 0 unspecified atom stereocenters. The fourth-order valence-electron chi connectivity index (χ4n) is 2.66. The first-order valence-electron chi connectivity index (χ1n) is 6.25. The molecule has 0 spiro atoms. The van der Waals surface area contributed by atoms with Crippen molar-refractivity contribution < 1.29 is 4.74 Å². The first-order chi connectivity index (χ1) is 7.29. The van der Waals surface area contributed by atoms with Crippen molar-refractivity contribution in [3.8, 4) is 0 Å². The second-order valence-electron chi connectivity index (χ2n) is 5.32. The van der Waals surface area contributed by atoms with Gasteiger partial charge in [-0.25, -0.2) is 0 Å². The minimum Gasteiger partial charge on any atom is -0.377 e. The minimum atomic E-state index is 0.566. The third-order valence-electron chi connectivity index (χ3n) is 3.70. The Kier molecular flexibility index (Phi) is 3.81. The summed E-state index contributed by atoms with van der Waals surface area (Å²) in [7, 11) is 0. The summed E-state index contributed by atoms with van der Waals surface area (Å²) in [6.45, 7) is 6.35. The van der Waals surface area contributed by atoms with Gasteiger partial charge in [0.05, 0.1) is 13.2 Å². The summed E-state index contributed by atoms with van der Waals surface area (Å²) >= 11 is 0. The predicted octanol–water partition coefficient (Wildman–Crippen LogP) is 2.50. The number of nitrogens with one attached hydrogen (secondary N) is 1. The molecule has 0 aromatic rings. The third kappa shape index (κ3) is 3.32. The largest absolute Gasteiger partial charge is 0.377 e. The quantitative estimate of drug-likeness (QED) is 0.718. The molecule has 0 aromatic heterocycles. The normalized spacial score (nSPS) is 25.3. The van der Waals surface area contributed by atoms with Gasteiger partial charge in [-0.2, -0.15) is 0 Å². The van der Waals surface area contributed by atoms with Gasteiger partial charge < -0.3 is 10.1 Å². The number of ether oxygens (including phenoxy) is 1. The van der Waals surface area contributed by atoms with Gasteiger partial charge in [0.1, 0.15) is 0 Å². The van der Waals surface area contributed by atoms with Crippen molar-refractivity contribution in [1.82, 2.24) is 5.32 Å². The van der Waals surface area contributed by atoms with E-state index in [9.17, 15) is 0 Å². The van der Waals surface area contributed by atoms with Crippen LogP contribution in [0.4, 0.5) is 0 Å². The molecule has 0 bridgehead atoms.